The molecule has 166 valence electrons. The van der Waals surface area contributed by atoms with Crippen LogP contribution >= 0.6 is 0 Å². The number of nitrogens with one attached hydrogen (secondary N) is 3. The van der Waals surface area contributed by atoms with Crippen LogP contribution in [0.3, 0.4) is 0 Å². The number of hydrogen-bond acceptors (Lipinski definition) is 7. The van der Waals surface area contributed by atoms with Gasteiger partial charge < -0.3 is 25.8 Å². The average molecular weight is 440 g/mol. The molecule has 0 fully saturated rings. The Hall–Kier alpha value is -4.36. The maximum absolute atomic E-state index is 9.70. The van der Waals surface area contributed by atoms with Crippen LogP contribution in [-0.4, -0.2) is 21.3 Å². The zero-order chi connectivity index (χ0) is 23.0. The van der Waals surface area contributed by atoms with Gasteiger partial charge in [0.05, 0.1) is 0 Å². The topological polar surface area (TPSA) is 91.3 Å². The Labute approximate surface area is 192 Å². The van der Waals surface area contributed by atoms with Gasteiger partial charge in [0.2, 0.25) is 5.95 Å². The molecule has 0 aliphatic carbocycles. The molecule has 4 aromatic rings. The van der Waals surface area contributed by atoms with Crippen LogP contribution in [0.1, 0.15) is 5.56 Å². The molecule has 0 saturated carbocycles. The van der Waals surface area contributed by atoms with Crippen molar-refractivity contribution in [2.75, 3.05) is 16.0 Å². The molecule has 4 rings (SSSR count). The van der Waals surface area contributed by atoms with E-state index in [0.29, 0.717) is 11.8 Å². The average Bonchev–Trinajstić information content (AvgIpc) is 2.83. The summed E-state index contributed by atoms with van der Waals surface area (Å²) in [6.45, 7) is 5.51. The number of anilines is 5. The molecular weight excluding hydrogens is 414 g/mol. The molecule has 0 aliphatic rings. The predicted molar refractivity (Wildman–Crippen MR) is 133 cm³/mol. The summed E-state index contributed by atoms with van der Waals surface area (Å²) in [5, 5.41) is 19.2. The van der Waals surface area contributed by atoms with Crippen LogP contribution in [-0.2, 0) is 0 Å². The van der Waals surface area contributed by atoms with Crippen molar-refractivity contribution in [1.82, 2.24) is 9.97 Å². The van der Waals surface area contributed by atoms with E-state index >= 15 is 0 Å². The predicted octanol–water partition coefficient (Wildman–Crippen LogP) is 5.98. The van der Waals surface area contributed by atoms with Gasteiger partial charge in [0.1, 0.15) is 23.5 Å². The van der Waals surface area contributed by atoms with Crippen LogP contribution in [0, 0.1) is 6.92 Å². The minimum absolute atomic E-state index is 0.452. The molecule has 0 radical (unpaired) electrons. The Balaban J connectivity index is 1.44. The Morgan fingerprint density at radius 2 is 1.61 bits per heavy atom. The summed E-state index contributed by atoms with van der Waals surface area (Å²) in [6, 6.07) is 24.8. The van der Waals surface area contributed by atoms with E-state index in [1.807, 2.05) is 85.8 Å². The summed E-state index contributed by atoms with van der Waals surface area (Å²) in [6.07, 6.45) is 2.35. The van der Waals surface area contributed by atoms with E-state index in [2.05, 4.69) is 32.5 Å². The van der Waals surface area contributed by atoms with E-state index in [1.54, 1.807) is 6.20 Å². The first-order valence-electron chi connectivity index (χ1n) is 10.5. The lowest BCUT2D eigenvalue weighted by Crippen LogP contribution is -2.14. The van der Waals surface area contributed by atoms with Crippen LogP contribution in [0.5, 0.6) is 11.5 Å². The van der Waals surface area contributed by atoms with E-state index in [9.17, 15) is 5.11 Å². The molecule has 0 spiro atoms. The van der Waals surface area contributed by atoms with Crippen LogP contribution in [0.4, 0.5) is 28.8 Å². The van der Waals surface area contributed by atoms with E-state index in [0.717, 1.165) is 34.1 Å². The SMILES string of the molecule is C=CC(O)Nc1cccc(Nc2ncc(C)c(Nc3ccc(Oc4ccccc4)cc3)n2)c1. The molecule has 0 bridgehead atoms. The molecule has 1 aromatic heterocycles. The van der Waals surface area contributed by atoms with Gasteiger partial charge in [0.15, 0.2) is 0 Å². The number of ether oxygens (including phenoxy) is 1. The smallest absolute Gasteiger partial charge is 0.229 e. The van der Waals surface area contributed by atoms with Crippen molar-refractivity contribution < 1.29 is 9.84 Å². The van der Waals surface area contributed by atoms with Gasteiger partial charge >= 0.3 is 0 Å². The molecule has 0 aliphatic heterocycles. The second-order valence-electron chi connectivity index (χ2n) is 7.32. The number of aliphatic hydroxyl groups is 1. The lowest BCUT2D eigenvalue weighted by molar-refractivity contribution is 0.253. The van der Waals surface area contributed by atoms with Crippen molar-refractivity contribution in [3.8, 4) is 11.5 Å². The van der Waals surface area contributed by atoms with Crippen molar-refractivity contribution >= 4 is 28.8 Å². The molecule has 33 heavy (non-hydrogen) atoms. The summed E-state index contributed by atoms with van der Waals surface area (Å²) < 4.78 is 5.84. The highest BCUT2D eigenvalue weighted by Gasteiger charge is 2.07. The molecule has 1 heterocycles. The van der Waals surface area contributed by atoms with Crippen LogP contribution in [0.15, 0.2) is 97.7 Å². The molecule has 3 aromatic carbocycles. The number of benzene rings is 3. The van der Waals surface area contributed by atoms with E-state index < -0.39 is 6.23 Å². The van der Waals surface area contributed by atoms with Gasteiger partial charge in [-0.1, -0.05) is 30.8 Å². The van der Waals surface area contributed by atoms with Crippen molar-refractivity contribution in [2.24, 2.45) is 0 Å². The second kappa shape index (κ2) is 10.3. The van der Waals surface area contributed by atoms with Crippen LogP contribution < -0.4 is 20.7 Å². The van der Waals surface area contributed by atoms with Gasteiger partial charge in [-0.2, -0.15) is 4.98 Å². The molecule has 0 amide bonds. The number of aliphatic hydroxyl groups excluding tert-OH is 1. The van der Waals surface area contributed by atoms with E-state index in [4.69, 9.17) is 4.74 Å². The fourth-order valence-corrected chi connectivity index (χ4v) is 3.04. The zero-order valence-electron chi connectivity index (χ0n) is 18.2. The fraction of sp³-hybridized carbons (Fsp3) is 0.0769. The standard InChI is InChI=1S/C26H25N5O2/c1-3-24(32)28-20-8-7-9-21(16-20)30-26-27-17-18(2)25(31-26)29-19-12-14-23(15-13-19)33-22-10-5-4-6-11-22/h3-17,24,28,32H,1H2,2H3,(H2,27,29,30,31). The summed E-state index contributed by atoms with van der Waals surface area (Å²) in [7, 11) is 0. The van der Waals surface area contributed by atoms with Gasteiger partial charge in [-0.05, 0) is 67.6 Å². The third kappa shape index (κ3) is 6.09. The highest BCUT2D eigenvalue weighted by atomic mass is 16.5. The van der Waals surface area contributed by atoms with Gasteiger partial charge in [-0.25, -0.2) is 4.98 Å². The number of rotatable bonds is 9. The van der Waals surface area contributed by atoms with E-state index in [-0.39, 0.29) is 0 Å². The van der Waals surface area contributed by atoms with Gasteiger partial charge in [0.25, 0.3) is 0 Å². The van der Waals surface area contributed by atoms with Gasteiger partial charge in [-0.15, -0.1) is 0 Å². The van der Waals surface area contributed by atoms with Gasteiger partial charge in [-0.3, -0.25) is 0 Å². The summed E-state index contributed by atoms with van der Waals surface area (Å²) in [5.41, 5.74) is 3.33. The first kappa shape index (κ1) is 21.9. The lowest BCUT2D eigenvalue weighted by Gasteiger charge is -2.13. The first-order chi connectivity index (χ1) is 16.1. The van der Waals surface area contributed by atoms with Crippen LogP contribution in [0.25, 0.3) is 0 Å². The molecule has 0 saturated heterocycles. The number of aryl methyl sites for hydroxylation is 1. The monoisotopic (exact) mass is 439 g/mol. The van der Waals surface area contributed by atoms with Gasteiger partial charge in [0, 0.05) is 28.8 Å². The molecule has 1 unspecified atom stereocenters. The summed E-state index contributed by atoms with van der Waals surface area (Å²) >= 11 is 0. The maximum atomic E-state index is 9.70. The third-order valence-corrected chi connectivity index (χ3v) is 4.72. The molecule has 4 N–H and O–H groups in total. The lowest BCUT2D eigenvalue weighted by atomic mass is 10.2. The minimum Gasteiger partial charge on any atom is -0.457 e. The fourth-order valence-electron chi connectivity index (χ4n) is 3.04. The maximum Gasteiger partial charge on any atom is 0.229 e. The number of para-hydroxylation sites is 1. The molecule has 1 atom stereocenters. The van der Waals surface area contributed by atoms with E-state index in [1.165, 1.54) is 6.08 Å². The second-order valence-corrected chi connectivity index (χ2v) is 7.32. The number of aromatic nitrogens is 2. The Bertz CT molecular complexity index is 1210. The van der Waals surface area contributed by atoms with Crippen LogP contribution in [0.2, 0.25) is 0 Å². The quantitative estimate of drug-likeness (QED) is 0.188. The molecule has 7 nitrogen and oxygen atoms in total. The normalized spacial score (nSPS) is 11.3. The van der Waals surface area contributed by atoms with Crippen molar-refractivity contribution in [2.45, 2.75) is 13.2 Å². The zero-order valence-corrected chi connectivity index (χ0v) is 18.2. The van der Waals surface area contributed by atoms with Crippen molar-refractivity contribution in [3.05, 3.63) is 103 Å². The Morgan fingerprint density at radius 1 is 0.879 bits per heavy atom. The highest BCUT2D eigenvalue weighted by Crippen LogP contribution is 2.26. The Kier molecular flexibility index (Phi) is 6.82. The highest BCUT2D eigenvalue weighted by molar-refractivity contribution is 5.64. The number of nitrogens with zero attached hydrogens (tertiary/aromatic N) is 2. The third-order valence-electron chi connectivity index (χ3n) is 4.72. The first-order valence-corrected chi connectivity index (χ1v) is 10.5. The summed E-state index contributed by atoms with van der Waals surface area (Å²) in [5.74, 6) is 2.69. The minimum atomic E-state index is -0.823. The van der Waals surface area contributed by atoms with Crippen molar-refractivity contribution in [1.29, 1.82) is 0 Å². The molecular formula is C26H25N5O2. The summed E-state index contributed by atoms with van der Waals surface area (Å²) in [4.78, 5) is 8.98. The number of hydrogen-bond donors (Lipinski definition) is 4. The largest absolute Gasteiger partial charge is 0.457 e. The Morgan fingerprint density at radius 3 is 2.36 bits per heavy atom. The van der Waals surface area contributed by atoms with Crippen molar-refractivity contribution in [3.63, 3.8) is 0 Å². The molecule has 7 heteroatoms.